The Hall–Kier alpha value is -1.58. The molecule has 4 heteroatoms. The third-order valence-electron chi connectivity index (χ3n) is 3.96. The van der Waals surface area contributed by atoms with E-state index in [-0.39, 0.29) is 30.1 Å². The molecule has 0 spiro atoms. The molecule has 3 atom stereocenters. The lowest BCUT2D eigenvalue weighted by atomic mass is 9.94. The topological polar surface area (TPSA) is 49.3 Å². The van der Waals surface area contributed by atoms with Gasteiger partial charge in [0.1, 0.15) is 5.82 Å². The highest BCUT2D eigenvalue weighted by Crippen LogP contribution is 2.48. The summed E-state index contributed by atoms with van der Waals surface area (Å²) in [6.45, 7) is 0. The van der Waals surface area contributed by atoms with Crippen LogP contribution in [0.15, 0.2) is 18.2 Å². The van der Waals surface area contributed by atoms with Gasteiger partial charge in [0.25, 0.3) is 0 Å². The van der Waals surface area contributed by atoms with Crippen LogP contribution in [0.25, 0.3) is 0 Å². The second kappa shape index (κ2) is 3.72. The molecule has 0 bridgehead atoms. The minimum absolute atomic E-state index is 0.160. The van der Waals surface area contributed by atoms with Gasteiger partial charge in [0.15, 0.2) is 0 Å². The van der Waals surface area contributed by atoms with Gasteiger partial charge in [0.2, 0.25) is 0 Å². The summed E-state index contributed by atoms with van der Waals surface area (Å²) in [4.78, 5) is 10.8. The normalized spacial score (nSPS) is 29.6. The minimum Gasteiger partial charge on any atom is -0.481 e. The van der Waals surface area contributed by atoms with Crippen molar-refractivity contribution < 1.29 is 14.3 Å². The monoisotopic (exact) mass is 235 g/mol. The Morgan fingerprint density at radius 1 is 1.47 bits per heavy atom. The molecule has 1 aromatic carbocycles. The van der Waals surface area contributed by atoms with Gasteiger partial charge in [-0.3, -0.25) is 4.79 Å². The van der Waals surface area contributed by atoms with Crippen LogP contribution in [-0.4, -0.2) is 17.1 Å². The summed E-state index contributed by atoms with van der Waals surface area (Å²) < 4.78 is 13.2. The van der Waals surface area contributed by atoms with Crippen LogP contribution in [-0.2, 0) is 4.79 Å². The smallest absolute Gasteiger partial charge is 0.303 e. The van der Waals surface area contributed by atoms with Gasteiger partial charge in [-0.05, 0) is 42.5 Å². The number of halogens is 1. The predicted molar refractivity (Wildman–Crippen MR) is 61.5 cm³/mol. The van der Waals surface area contributed by atoms with Crippen molar-refractivity contribution in [2.45, 2.75) is 31.2 Å². The maximum Gasteiger partial charge on any atom is 0.303 e. The number of benzene rings is 1. The summed E-state index contributed by atoms with van der Waals surface area (Å²) in [5.41, 5.74) is 1.99. The fraction of sp³-hybridized carbons (Fsp3) is 0.462. The zero-order chi connectivity index (χ0) is 12.0. The number of rotatable bonds is 2. The number of carbonyl (C=O) groups is 1. The van der Waals surface area contributed by atoms with E-state index in [0.29, 0.717) is 0 Å². The Kier molecular flexibility index (Phi) is 2.31. The molecule has 2 aliphatic rings. The van der Waals surface area contributed by atoms with Crippen LogP contribution in [0.2, 0.25) is 0 Å². The van der Waals surface area contributed by atoms with E-state index < -0.39 is 5.97 Å². The van der Waals surface area contributed by atoms with Gasteiger partial charge < -0.3 is 10.4 Å². The van der Waals surface area contributed by atoms with Crippen LogP contribution in [0.3, 0.4) is 0 Å². The lowest BCUT2D eigenvalue weighted by Gasteiger charge is -2.17. The number of carboxylic acids is 1. The fourth-order valence-corrected chi connectivity index (χ4v) is 3.25. The van der Waals surface area contributed by atoms with Crippen molar-refractivity contribution in [3.05, 3.63) is 29.6 Å². The van der Waals surface area contributed by atoms with Crippen molar-refractivity contribution in [3.63, 3.8) is 0 Å². The quantitative estimate of drug-likeness (QED) is 0.828. The molecule has 1 saturated carbocycles. The standard InChI is InChI=1S/C13H14FNO2/c14-8-2-4-11-10(6-8)9-3-1-7(5-12(16)17)13(9)15-11/h2,4,6-7,9,13,15H,1,3,5H2,(H,16,17). The van der Waals surface area contributed by atoms with E-state index in [1.165, 1.54) is 6.07 Å². The molecule has 3 rings (SSSR count). The Bertz CT molecular complexity index is 474. The highest BCUT2D eigenvalue weighted by atomic mass is 19.1. The SMILES string of the molecule is O=C(O)CC1CCC2c3cc(F)ccc3NC12. The predicted octanol–water partition coefficient (Wildman–Crippen LogP) is 2.59. The molecule has 3 unspecified atom stereocenters. The van der Waals surface area contributed by atoms with Crippen LogP contribution in [0.5, 0.6) is 0 Å². The number of fused-ring (bicyclic) bond motifs is 3. The maximum absolute atomic E-state index is 13.2. The van der Waals surface area contributed by atoms with Crippen molar-refractivity contribution in [3.8, 4) is 0 Å². The number of anilines is 1. The lowest BCUT2D eigenvalue weighted by molar-refractivity contribution is -0.138. The first-order chi connectivity index (χ1) is 8.15. The van der Waals surface area contributed by atoms with Gasteiger partial charge in [-0.15, -0.1) is 0 Å². The Morgan fingerprint density at radius 3 is 3.06 bits per heavy atom. The highest BCUT2D eigenvalue weighted by molar-refractivity contribution is 5.68. The molecular formula is C13H14FNO2. The highest BCUT2D eigenvalue weighted by Gasteiger charge is 2.42. The van der Waals surface area contributed by atoms with E-state index in [9.17, 15) is 9.18 Å². The molecule has 90 valence electrons. The van der Waals surface area contributed by atoms with E-state index in [4.69, 9.17) is 5.11 Å². The molecule has 0 aromatic heterocycles. The van der Waals surface area contributed by atoms with Gasteiger partial charge in [-0.1, -0.05) is 0 Å². The van der Waals surface area contributed by atoms with E-state index in [1.807, 2.05) is 0 Å². The molecule has 0 radical (unpaired) electrons. The van der Waals surface area contributed by atoms with Gasteiger partial charge in [0, 0.05) is 17.6 Å². The Balaban J connectivity index is 1.87. The van der Waals surface area contributed by atoms with E-state index in [1.54, 1.807) is 12.1 Å². The van der Waals surface area contributed by atoms with E-state index in [2.05, 4.69) is 5.32 Å². The largest absolute Gasteiger partial charge is 0.481 e. The van der Waals surface area contributed by atoms with Gasteiger partial charge >= 0.3 is 5.97 Å². The Labute approximate surface area is 98.6 Å². The fourth-order valence-electron chi connectivity index (χ4n) is 3.25. The van der Waals surface area contributed by atoms with Crippen LogP contribution >= 0.6 is 0 Å². The van der Waals surface area contributed by atoms with Crippen molar-refractivity contribution in [1.82, 2.24) is 0 Å². The zero-order valence-electron chi connectivity index (χ0n) is 9.32. The molecule has 1 aliphatic heterocycles. The van der Waals surface area contributed by atoms with Crippen LogP contribution in [0.4, 0.5) is 10.1 Å². The van der Waals surface area contributed by atoms with Gasteiger partial charge in [0.05, 0.1) is 6.42 Å². The molecule has 1 fully saturated rings. The van der Waals surface area contributed by atoms with Crippen molar-refractivity contribution in [2.75, 3.05) is 5.32 Å². The summed E-state index contributed by atoms with van der Waals surface area (Å²) in [7, 11) is 0. The molecule has 1 heterocycles. The van der Waals surface area contributed by atoms with Crippen LogP contribution in [0, 0.1) is 11.7 Å². The number of nitrogens with one attached hydrogen (secondary N) is 1. The molecule has 17 heavy (non-hydrogen) atoms. The molecule has 3 nitrogen and oxygen atoms in total. The van der Waals surface area contributed by atoms with Crippen LogP contribution < -0.4 is 5.32 Å². The molecule has 1 aliphatic carbocycles. The zero-order valence-corrected chi connectivity index (χ0v) is 9.32. The average Bonchev–Trinajstić information content (AvgIpc) is 2.78. The molecule has 1 aromatic rings. The van der Waals surface area contributed by atoms with Crippen molar-refractivity contribution in [1.29, 1.82) is 0 Å². The van der Waals surface area contributed by atoms with Gasteiger partial charge in [-0.2, -0.15) is 0 Å². The molecule has 0 amide bonds. The number of hydrogen-bond acceptors (Lipinski definition) is 2. The van der Waals surface area contributed by atoms with Crippen LogP contribution in [0.1, 0.15) is 30.7 Å². The first-order valence-electron chi connectivity index (χ1n) is 5.93. The summed E-state index contributed by atoms with van der Waals surface area (Å²) in [6, 6.07) is 4.94. The van der Waals surface area contributed by atoms with Crippen molar-refractivity contribution in [2.24, 2.45) is 5.92 Å². The second-order valence-corrected chi connectivity index (χ2v) is 4.94. The minimum atomic E-state index is -0.750. The number of hydrogen-bond donors (Lipinski definition) is 2. The number of aliphatic carboxylic acids is 1. The third kappa shape index (κ3) is 1.68. The van der Waals surface area contributed by atoms with E-state index >= 15 is 0 Å². The molecule has 0 saturated heterocycles. The van der Waals surface area contributed by atoms with E-state index in [0.717, 1.165) is 24.1 Å². The summed E-state index contributed by atoms with van der Waals surface area (Å²) >= 11 is 0. The summed E-state index contributed by atoms with van der Waals surface area (Å²) in [6.07, 6.45) is 2.06. The number of carboxylic acid groups (broad SMARTS) is 1. The first-order valence-corrected chi connectivity index (χ1v) is 5.93. The Morgan fingerprint density at radius 2 is 2.29 bits per heavy atom. The average molecular weight is 235 g/mol. The second-order valence-electron chi connectivity index (χ2n) is 4.94. The molecular weight excluding hydrogens is 221 g/mol. The maximum atomic E-state index is 13.2. The third-order valence-corrected chi connectivity index (χ3v) is 3.96. The lowest BCUT2D eigenvalue weighted by Crippen LogP contribution is -2.25. The van der Waals surface area contributed by atoms with Gasteiger partial charge in [-0.25, -0.2) is 4.39 Å². The first kappa shape index (κ1) is 10.6. The summed E-state index contributed by atoms with van der Waals surface area (Å²) in [5, 5.41) is 12.2. The molecule has 2 N–H and O–H groups in total. The van der Waals surface area contributed by atoms with Crippen molar-refractivity contribution >= 4 is 11.7 Å². The summed E-state index contributed by atoms with van der Waals surface area (Å²) in [5.74, 6) is -0.523.